The monoisotopic (exact) mass is 425 g/mol. The lowest BCUT2D eigenvalue weighted by atomic mass is 10.2. The molecule has 2 aromatic rings. The van der Waals surface area contributed by atoms with Gasteiger partial charge in [0, 0.05) is 16.0 Å². The summed E-state index contributed by atoms with van der Waals surface area (Å²) in [5, 5.41) is 7.74. The summed E-state index contributed by atoms with van der Waals surface area (Å²) in [6.07, 6.45) is 0. The van der Waals surface area contributed by atoms with Crippen molar-refractivity contribution in [3.8, 4) is 0 Å². The molecule has 0 saturated heterocycles. The van der Waals surface area contributed by atoms with E-state index < -0.39 is 10.0 Å². The fourth-order valence-electron chi connectivity index (χ4n) is 1.48. The third-order valence-electron chi connectivity index (χ3n) is 2.38. The maximum atomic E-state index is 12.6. The van der Waals surface area contributed by atoms with Crippen molar-refractivity contribution in [2.75, 3.05) is 11.4 Å². The van der Waals surface area contributed by atoms with E-state index in [4.69, 9.17) is 0 Å². The Kier molecular flexibility index (Phi) is 4.29. The van der Waals surface area contributed by atoms with Crippen LogP contribution in [0.15, 0.2) is 31.5 Å². The largest absolute Gasteiger partial charge is 0.268 e. The zero-order valence-electron chi connectivity index (χ0n) is 9.96. The summed E-state index contributed by atoms with van der Waals surface area (Å²) in [6.45, 7) is 1.89. The van der Waals surface area contributed by atoms with Crippen molar-refractivity contribution in [3.05, 3.63) is 32.2 Å². The first-order chi connectivity index (χ1) is 8.84. The third-order valence-corrected chi connectivity index (χ3v) is 6.89. The van der Waals surface area contributed by atoms with Gasteiger partial charge < -0.3 is 0 Å². The number of sulfonamides is 1. The van der Waals surface area contributed by atoms with Gasteiger partial charge in [-0.1, -0.05) is 11.3 Å². The molecular formula is C10H9Br2N3O2S2. The van der Waals surface area contributed by atoms with Crippen LogP contribution in [-0.4, -0.2) is 25.7 Å². The number of halogens is 2. The van der Waals surface area contributed by atoms with E-state index in [0.29, 0.717) is 14.1 Å². The van der Waals surface area contributed by atoms with Crippen LogP contribution in [0.5, 0.6) is 0 Å². The fourth-order valence-corrected chi connectivity index (χ4v) is 6.10. The minimum atomic E-state index is -3.69. The van der Waals surface area contributed by atoms with E-state index in [2.05, 4.69) is 42.1 Å². The highest BCUT2D eigenvalue weighted by Gasteiger charge is 2.28. The normalized spacial score (nSPS) is 11.6. The van der Waals surface area contributed by atoms with Crippen molar-refractivity contribution in [1.82, 2.24) is 10.2 Å². The summed E-state index contributed by atoms with van der Waals surface area (Å²) in [4.78, 5) is 0.177. The topological polar surface area (TPSA) is 63.2 Å². The molecule has 1 heterocycles. The Balaban J connectivity index is 2.58. The van der Waals surface area contributed by atoms with Crippen LogP contribution in [0.2, 0.25) is 0 Å². The van der Waals surface area contributed by atoms with Gasteiger partial charge in [0.15, 0.2) is 0 Å². The van der Waals surface area contributed by atoms with Crippen molar-refractivity contribution in [1.29, 1.82) is 0 Å². The zero-order valence-corrected chi connectivity index (χ0v) is 14.8. The highest BCUT2D eigenvalue weighted by molar-refractivity contribution is 9.11. The number of aromatic nitrogens is 2. The second kappa shape index (κ2) is 5.47. The highest BCUT2D eigenvalue weighted by atomic mass is 79.9. The molecule has 0 saturated carbocycles. The lowest BCUT2D eigenvalue weighted by Crippen LogP contribution is -2.27. The van der Waals surface area contributed by atoms with Crippen LogP contribution in [0, 0.1) is 6.92 Å². The number of anilines is 1. The van der Waals surface area contributed by atoms with Crippen LogP contribution in [0.3, 0.4) is 0 Å². The molecule has 0 unspecified atom stereocenters. The van der Waals surface area contributed by atoms with Gasteiger partial charge in [0.1, 0.15) is 10.4 Å². The smallest absolute Gasteiger partial charge is 0.243 e. The molecule has 1 aromatic heterocycles. The van der Waals surface area contributed by atoms with Gasteiger partial charge in [0.25, 0.3) is 10.0 Å². The Labute approximate surface area is 132 Å². The molecule has 0 amide bonds. The number of hydrogen-bond acceptors (Lipinski definition) is 5. The Hall–Kier alpha value is -0.510. The van der Waals surface area contributed by atoms with Crippen LogP contribution in [0.25, 0.3) is 0 Å². The Bertz CT molecular complexity index is 679. The molecule has 0 N–H and O–H groups in total. The predicted octanol–water partition coefficient (Wildman–Crippen LogP) is 3.20. The van der Waals surface area contributed by atoms with E-state index in [1.807, 2.05) is 6.92 Å². The molecular weight excluding hydrogens is 418 g/mol. The highest BCUT2D eigenvalue weighted by Crippen LogP contribution is 2.34. The molecule has 0 radical (unpaired) electrons. The van der Waals surface area contributed by atoms with E-state index in [1.165, 1.54) is 12.6 Å². The average molecular weight is 427 g/mol. The van der Waals surface area contributed by atoms with Crippen LogP contribution in [0.1, 0.15) is 5.56 Å². The van der Waals surface area contributed by atoms with E-state index >= 15 is 0 Å². The number of aryl methyl sites for hydroxylation is 1. The summed E-state index contributed by atoms with van der Waals surface area (Å²) in [5.41, 5.74) is 2.44. The number of rotatable bonds is 3. The molecule has 102 valence electrons. The number of benzene rings is 1. The summed E-state index contributed by atoms with van der Waals surface area (Å²) in [5.74, 6) is 0. The molecule has 0 aliphatic carbocycles. The molecule has 0 aliphatic heterocycles. The predicted molar refractivity (Wildman–Crippen MR) is 82.1 cm³/mol. The van der Waals surface area contributed by atoms with Crippen molar-refractivity contribution < 1.29 is 8.42 Å². The maximum Gasteiger partial charge on any atom is 0.268 e. The van der Waals surface area contributed by atoms with Gasteiger partial charge in [-0.2, -0.15) is 0 Å². The maximum absolute atomic E-state index is 12.6. The molecule has 2 rings (SSSR count). The van der Waals surface area contributed by atoms with Crippen LogP contribution < -0.4 is 4.31 Å². The molecule has 1 aromatic carbocycles. The number of nitrogens with zero attached hydrogens (tertiary/aromatic N) is 3. The summed E-state index contributed by atoms with van der Waals surface area (Å²) in [6, 6.07) is 3.51. The standard InChI is InChI=1S/C10H9Br2N3O2S2/c1-6-3-7(11)9(8(12)4-6)19(16,17)15(2)10-14-13-5-18-10/h3-5H,1-2H3. The molecule has 0 atom stereocenters. The van der Waals surface area contributed by atoms with Crippen molar-refractivity contribution in [2.45, 2.75) is 11.8 Å². The Morgan fingerprint density at radius 3 is 2.32 bits per heavy atom. The fraction of sp³-hybridized carbons (Fsp3) is 0.200. The minimum Gasteiger partial charge on any atom is -0.243 e. The van der Waals surface area contributed by atoms with Gasteiger partial charge in [-0.25, -0.2) is 12.7 Å². The van der Waals surface area contributed by atoms with E-state index in [9.17, 15) is 8.42 Å². The van der Waals surface area contributed by atoms with E-state index in [-0.39, 0.29) is 4.90 Å². The first-order valence-electron chi connectivity index (χ1n) is 5.05. The van der Waals surface area contributed by atoms with Gasteiger partial charge in [0.2, 0.25) is 5.13 Å². The van der Waals surface area contributed by atoms with Gasteiger partial charge in [0.05, 0.1) is 0 Å². The molecule has 0 aliphatic rings. The van der Waals surface area contributed by atoms with Gasteiger partial charge in [-0.15, -0.1) is 10.2 Å². The Morgan fingerprint density at radius 1 is 1.26 bits per heavy atom. The van der Waals surface area contributed by atoms with Gasteiger partial charge in [-0.3, -0.25) is 0 Å². The molecule has 0 bridgehead atoms. The van der Waals surface area contributed by atoms with Gasteiger partial charge >= 0.3 is 0 Å². The first-order valence-corrected chi connectivity index (χ1v) is 8.95. The van der Waals surface area contributed by atoms with Crippen LogP contribution in [0.4, 0.5) is 5.13 Å². The molecule has 0 spiro atoms. The van der Waals surface area contributed by atoms with E-state index in [0.717, 1.165) is 21.2 Å². The third kappa shape index (κ3) is 2.83. The zero-order chi connectivity index (χ0) is 14.2. The second-order valence-electron chi connectivity index (χ2n) is 3.75. The van der Waals surface area contributed by atoms with Crippen LogP contribution in [-0.2, 0) is 10.0 Å². The van der Waals surface area contributed by atoms with E-state index in [1.54, 1.807) is 12.1 Å². The van der Waals surface area contributed by atoms with Gasteiger partial charge in [-0.05, 0) is 56.5 Å². The average Bonchev–Trinajstić information content (AvgIpc) is 2.78. The first kappa shape index (κ1) is 14.9. The molecule has 19 heavy (non-hydrogen) atoms. The van der Waals surface area contributed by atoms with Crippen LogP contribution >= 0.6 is 43.2 Å². The summed E-state index contributed by atoms with van der Waals surface area (Å²) in [7, 11) is -2.24. The lowest BCUT2D eigenvalue weighted by molar-refractivity contribution is 0.593. The second-order valence-corrected chi connectivity index (χ2v) is 8.18. The summed E-state index contributed by atoms with van der Waals surface area (Å²) < 4.78 is 27.3. The quantitative estimate of drug-likeness (QED) is 0.755. The Morgan fingerprint density at radius 2 is 1.84 bits per heavy atom. The molecule has 9 heteroatoms. The SMILES string of the molecule is Cc1cc(Br)c(S(=O)(=O)N(C)c2nncs2)c(Br)c1. The van der Waals surface area contributed by atoms with Crippen molar-refractivity contribution >= 4 is 58.4 Å². The summed E-state index contributed by atoms with van der Waals surface area (Å²) >= 11 is 7.76. The van der Waals surface area contributed by atoms with Crippen molar-refractivity contribution in [3.63, 3.8) is 0 Å². The van der Waals surface area contributed by atoms with Crippen molar-refractivity contribution in [2.24, 2.45) is 0 Å². The minimum absolute atomic E-state index is 0.177. The molecule has 5 nitrogen and oxygen atoms in total. The lowest BCUT2D eigenvalue weighted by Gasteiger charge is -2.18. The number of hydrogen-bond donors (Lipinski definition) is 0. The molecule has 0 fully saturated rings.